The molecule has 1 atom stereocenters. The minimum atomic E-state index is 0. The van der Waals surface area contributed by atoms with Gasteiger partial charge in [0.1, 0.15) is 5.76 Å². The number of hydrogen-bond acceptors (Lipinski definition) is 3. The standard InChI is InChI=1S/C17H28N4O.HI/c1-18-17(19-9-8-14-6-7-14)20-13-15(16-5-4-12-22-16)21-10-2-3-11-21;/h4-5,12,14-15H,2-3,6-11,13H2,1H3,(H2,18,19,20);1H. The molecule has 1 saturated heterocycles. The number of hydrogen-bond donors (Lipinski definition) is 2. The lowest BCUT2D eigenvalue weighted by Gasteiger charge is -2.26. The number of rotatable bonds is 7. The van der Waals surface area contributed by atoms with Crippen LogP contribution in [0.5, 0.6) is 0 Å². The monoisotopic (exact) mass is 432 g/mol. The van der Waals surface area contributed by atoms with E-state index < -0.39 is 0 Å². The van der Waals surface area contributed by atoms with E-state index in [0.717, 1.165) is 43.8 Å². The molecule has 6 heteroatoms. The maximum Gasteiger partial charge on any atom is 0.191 e. The molecule has 2 N–H and O–H groups in total. The molecule has 23 heavy (non-hydrogen) atoms. The van der Waals surface area contributed by atoms with Crippen LogP contribution in [0.25, 0.3) is 0 Å². The van der Waals surface area contributed by atoms with Gasteiger partial charge in [-0.15, -0.1) is 24.0 Å². The number of furan rings is 1. The van der Waals surface area contributed by atoms with Crippen LogP contribution in [-0.2, 0) is 0 Å². The van der Waals surface area contributed by atoms with Gasteiger partial charge < -0.3 is 15.1 Å². The highest BCUT2D eigenvalue weighted by atomic mass is 127. The summed E-state index contributed by atoms with van der Waals surface area (Å²) in [6.45, 7) is 4.15. The fourth-order valence-corrected chi connectivity index (χ4v) is 3.16. The molecule has 0 aromatic carbocycles. The van der Waals surface area contributed by atoms with Gasteiger partial charge >= 0.3 is 0 Å². The Morgan fingerprint density at radius 3 is 2.74 bits per heavy atom. The zero-order valence-electron chi connectivity index (χ0n) is 14.0. The van der Waals surface area contributed by atoms with Crippen LogP contribution in [0.3, 0.4) is 0 Å². The molecule has 1 aromatic heterocycles. The van der Waals surface area contributed by atoms with Gasteiger partial charge in [-0.3, -0.25) is 9.89 Å². The van der Waals surface area contributed by atoms with Crippen molar-refractivity contribution in [3.05, 3.63) is 24.2 Å². The van der Waals surface area contributed by atoms with Crippen molar-refractivity contribution in [1.29, 1.82) is 0 Å². The Balaban J connectivity index is 0.00000192. The van der Waals surface area contributed by atoms with Crippen LogP contribution < -0.4 is 10.6 Å². The lowest BCUT2D eigenvalue weighted by molar-refractivity contribution is 0.215. The summed E-state index contributed by atoms with van der Waals surface area (Å²) in [4.78, 5) is 6.83. The molecule has 0 bridgehead atoms. The zero-order chi connectivity index (χ0) is 15.2. The summed E-state index contributed by atoms with van der Waals surface area (Å²) in [6.07, 6.45) is 8.40. The first-order valence-electron chi connectivity index (χ1n) is 8.59. The number of nitrogens with zero attached hydrogens (tertiary/aromatic N) is 2. The molecule has 1 aliphatic heterocycles. The van der Waals surface area contributed by atoms with Crippen LogP contribution in [0.2, 0.25) is 0 Å². The van der Waals surface area contributed by atoms with Crippen molar-refractivity contribution in [3.63, 3.8) is 0 Å². The van der Waals surface area contributed by atoms with E-state index in [1.807, 2.05) is 13.1 Å². The van der Waals surface area contributed by atoms with Crippen LogP contribution >= 0.6 is 24.0 Å². The second-order valence-corrected chi connectivity index (χ2v) is 6.39. The zero-order valence-corrected chi connectivity index (χ0v) is 16.3. The molecule has 5 nitrogen and oxygen atoms in total. The molecule has 0 amide bonds. The van der Waals surface area contributed by atoms with E-state index >= 15 is 0 Å². The Morgan fingerprint density at radius 1 is 1.35 bits per heavy atom. The highest BCUT2D eigenvalue weighted by Gasteiger charge is 2.25. The molecule has 1 unspecified atom stereocenters. The van der Waals surface area contributed by atoms with Gasteiger partial charge in [0.25, 0.3) is 0 Å². The second kappa shape index (κ2) is 9.52. The Bertz CT molecular complexity index is 467. The molecule has 2 heterocycles. The summed E-state index contributed by atoms with van der Waals surface area (Å²) in [5.41, 5.74) is 0. The summed E-state index contributed by atoms with van der Waals surface area (Å²) in [6, 6.07) is 4.34. The smallest absolute Gasteiger partial charge is 0.191 e. The quantitative estimate of drug-likeness (QED) is 0.395. The van der Waals surface area contributed by atoms with Crippen LogP contribution in [0.4, 0.5) is 0 Å². The van der Waals surface area contributed by atoms with Crippen LogP contribution in [0.15, 0.2) is 27.8 Å². The third-order valence-electron chi connectivity index (χ3n) is 4.68. The van der Waals surface area contributed by atoms with E-state index in [1.54, 1.807) is 6.26 Å². The third kappa shape index (κ3) is 5.67. The van der Waals surface area contributed by atoms with E-state index in [9.17, 15) is 0 Å². The number of halogens is 1. The topological polar surface area (TPSA) is 52.8 Å². The minimum Gasteiger partial charge on any atom is -0.468 e. The van der Waals surface area contributed by atoms with E-state index in [1.165, 1.54) is 32.1 Å². The minimum absolute atomic E-state index is 0. The summed E-state index contributed by atoms with van der Waals surface area (Å²) in [7, 11) is 1.84. The third-order valence-corrected chi connectivity index (χ3v) is 4.68. The molecule has 0 spiro atoms. The van der Waals surface area contributed by atoms with Gasteiger partial charge in [-0.25, -0.2) is 0 Å². The Kier molecular flexibility index (Phi) is 7.69. The number of nitrogens with one attached hydrogen (secondary N) is 2. The Labute approximate surface area is 156 Å². The number of aliphatic imine (C=N–C) groups is 1. The molecule has 1 aromatic rings. The molecular weight excluding hydrogens is 403 g/mol. The van der Waals surface area contributed by atoms with E-state index in [2.05, 4.69) is 26.6 Å². The fraction of sp³-hybridized carbons (Fsp3) is 0.706. The normalized spacial score (nSPS) is 20.1. The molecule has 3 rings (SSSR count). The van der Waals surface area contributed by atoms with E-state index in [4.69, 9.17) is 4.42 Å². The average molecular weight is 432 g/mol. The molecule has 2 fully saturated rings. The van der Waals surface area contributed by atoms with Gasteiger partial charge in [-0.2, -0.15) is 0 Å². The molecule has 2 aliphatic rings. The lowest BCUT2D eigenvalue weighted by atomic mass is 10.2. The number of likely N-dealkylation sites (tertiary alicyclic amines) is 1. The maximum atomic E-state index is 5.65. The largest absolute Gasteiger partial charge is 0.468 e. The fourth-order valence-electron chi connectivity index (χ4n) is 3.16. The summed E-state index contributed by atoms with van der Waals surface area (Å²) >= 11 is 0. The first-order chi connectivity index (χ1) is 10.9. The lowest BCUT2D eigenvalue weighted by Crippen LogP contribution is -2.42. The first kappa shape index (κ1) is 18.6. The van der Waals surface area contributed by atoms with Crippen molar-refractivity contribution in [1.82, 2.24) is 15.5 Å². The average Bonchev–Trinajstić information content (AvgIpc) is 3.01. The second-order valence-electron chi connectivity index (χ2n) is 6.39. The van der Waals surface area contributed by atoms with Crippen LogP contribution in [0, 0.1) is 5.92 Å². The Morgan fingerprint density at radius 2 is 2.13 bits per heavy atom. The Hall–Kier alpha value is -0.760. The van der Waals surface area contributed by atoms with Crippen molar-refractivity contribution in [2.45, 2.75) is 38.1 Å². The summed E-state index contributed by atoms with van der Waals surface area (Å²) in [5, 5.41) is 6.89. The van der Waals surface area contributed by atoms with Gasteiger partial charge in [0.05, 0.1) is 12.3 Å². The van der Waals surface area contributed by atoms with Gasteiger partial charge in [0, 0.05) is 20.1 Å². The van der Waals surface area contributed by atoms with Crippen molar-refractivity contribution < 1.29 is 4.42 Å². The molecule has 0 radical (unpaired) electrons. The van der Waals surface area contributed by atoms with Crippen molar-refractivity contribution in [2.75, 3.05) is 33.2 Å². The molecule has 130 valence electrons. The van der Waals surface area contributed by atoms with Crippen molar-refractivity contribution in [3.8, 4) is 0 Å². The molecular formula is C17H29IN4O. The summed E-state index contributed by atoms with van der Waals surface area (Å²) < 4.78 is 5.65. The van der Waals surface area contributed by atoms with E-state index in [-0.39, 0.29) is 24.0 Å². The van der Waals surface area contributed by atoms with Gasteiger partial charge in [-0.05, 0) is 50.4 Å². The molecule has 1 saturated carbocycles. The maximum absolute atomic E-state index is 5.65. The first-order valence-corrected chi connectivity index (χ1v) is 8.59. The number of guanidine groups is 1. The highest BCUT2D eigenvalue weighted by molar-refractivity contribution is 14.0. The van der Waals surface area contributed by atoms with Crippen molar-refractivity contribution in [2.24, 2.45) is 10.9 Å². The predicted molar refractivity (Wildman–Crippen MR) is 104 cm³/mol. The van der Waals surface area contributed by atoms with Crippen LogP contribution in [-0.4, -0.2) is 44.1 Å². The van der Waals surface area contributed by atoms with Crippen molar-refractivity contribution >= 4 is 29.9 Å². The van der Waals surface area contributed by atoms with Gasteiger partial charge in [0.2, 0.25) is 0 Å². The molecule has 1 aliphatic carbocycles. The van der Waals surface area contributed by atoms with Crippen LogP contribution in [0.1, 0.15) is 43.9 Å². The summed E-state index contributed by atoms with van der Waals surface area (Å²) in [5.74, 6) is 2.89. The van der Waals surface area contributed by atoms with E-state index in [0.29, 0.717) is 6.04 Å². The van der Waals surface area contributed by atoms with Gasteiger partial charge in [0.15, 0.2) is 5.96 Å². The SMILES string of the molecule is CN=C(NCCC1CC1)NCC(c1ccco1)N1CCCC1.I. The van der Waals surface area contributed by atoms with Gasteiger partial charge in [-0.1, -0.05) is 12.8 Å². The predicted octanol–water partition coefficient (Wildman–Crippen LogP) is 3.00. The highest BCUT2D eigenvalue weighted by Crippen LogP contribution is 2.31.